The summed E-state index contributed by atoms with van der Waals surface area (Å²) in [7, 11) is 3.09. The van der Waals surface area contributed by atoms with Crippen molar-refractivity contribution in [2.45, 2.75) is 6.61 Å². The molecule has 0 saturated carbocycles. The Hall–Kier alpha value is -5.24. The molecule has 0 atom stereocenters. The van der Waals surface area contributed by atoms with Gasteiger partial charge in [-0.25, -0.2) is 9.37 Å². The summed E-state index contributed by atoms with van der Waals surface area (Å²) in [6.07, 6.45) is 5.64. The number of amides is 1. The molecule has 0 aliphatic carbocycles. The van der Waals surface area contributed by atoms with Crippen LogP contribution in [0.5, 0.6) is 17.2 Å². The van der Waals surface area contributed by atoms with Crippen molar-refractivity contribution >= 4 is 33.1 Å². The van der Waals surface area contributed by atoms with Crippen LogP contribution in [0.15, 0.2) is 78.2 Å². The van der Waals surface area contributed by atoms with Gasteiger partial charge in [0.2, 0.25) is 0 Å². The standard InChI is InChI=1S/C35H29FN2O6S/c1-4-22-16-29(27-21-45-34-26(27)6-5-7-28(34)36)38-30(17-22)31(39)19-37-35(40)24-10-13-32(33(18-24)42-3)44-15-14-43-20-23-8-11-25(41-2)12-9-23/h1,5-13,16-18,21H,14-15,19-20H2,2-3H3,(H,37,40). The first-order valence-electron chi connectivity index (χ1n) is 13.9. The van der Waals surface area contributed by atoms with Crippen molar-refractivity contribution in [3.05, 3.63) is 106 Å². The first-order chi connectivity index (χ1) is 21.9. The molecule has 0 saturated heterocycles. The van der Waals surface area contributed by atoms with Crippen LogP contribution in [0.1, 0.15) is 32.0 Å². The van der Waals surface area contributed by atoms with E-state index >= 15 is 0 Å². The second kappa shape index (κ2) is 14.5. The lowest BCUT2D eigenvalue weighted by molar-refractivity contribution is 0.0877. The molecule has 8 nitrogen and oxygen atoms in total. The fourth-order valence-electron chi connectivity index (χ4n) is 4.52. The number of terminal acetylenes is 1. The lowest BCUT2D eigenvalue weighted by Crippen LogP contribution is -2.30. The Bertz CT molecular complexity index is 1880. The van der Waals surface area contributed by atoms with E-state index in [9.17, 15) is 14.0 Å². The number of nitrogens with zero attached hydrogens (tertiary/aromatic N) is 1. The zero-order chi connectivity index (χ0) is 31.8. The Morgan fingerprint density at radius 2 is 1.80 bits per heavy atom. The minimum atomic E-state index is -0.483. The fraction of sp³-hybridized carbons (Fsp3) is 0.171. The molecule has 0 unspecified atom stereocenters. The number of carbonyl (C=O) groups excluding carboxylic acids is 2. The summed E-state index contributed by atoms with van der Waals surface area (Å²) in [6, 6.07) is 20.3. The molecular formula is C35H29FN2O6S. The third-order valence-corrected chi connectivity index (χ3v) is 7.86. The first kappa shape index (κ1) is 31.2. The van der Waals surface area contributed by atoms with E-state index in [4.69, 9.17) is 25.4 Å². The summed E-state index contributed by atoms with van der Waals surface area (Å²) in [4.78, 5) is 30.5. The third-order valence-electron chi connectivity index (χ3n) is 6.85. The van der Waals surface area contributed by atoms with E-state index in [0.717, 1.165) is 11.3 Å². The number of pyridine rings is 1. The maximum atomic E-state index is 14.2. The second-order valence-electron chi connectivity index (χ2n) is 9.76. The van der Waals surface area contributed by atoms with Crippen molar-refractivity contribution in [2.75, 3.05) is 34.0 Å². The Balaban J connectivity index is 1.18. The number of nitrogens with one attached hydrogen (secondary N) is 1. The molecule has 0 fully saturated rings. The molecule has 228 valence electrons. The highest BCUT2D eigenvalue weighted by molar-refractivity contribution is 7.17. The topological polar surface area (TPSA) is 96.0 Å². The van der Waals surface area contributed by atoms with Gasteiger partial charge >= 0.3 is 0 Å². The quantitative estimate of drug-likeness (QED) is 0.0932. The van der Waals surface area contributed by atoms with Crippen molar-refractivity contribution in [1.29, 1.82) is 0 Å². The summed E-state index contributed by atoms with van der Waals surface area (Å²) in [5.41, 5.74) is 2.94. The molecular weight excluding hydrogens is 595 g/mol. The van der Waals surface area contributed by atoms with Crippen LogP contribution in [0.4, 0.5) is 4.39 Å². The van der Waals surface area contributed by atoms with Crippen LogP contribution in [0.3, 0.4) is 0 Å². The minimum Gasteiger partial charge on any atom is -0.497 e. The molecule has 0 aliphatic heterocycles. The number of ketones is 1. The van der Waals surface area contributed by atoms with E-state index < -0.39 is 11.7 Å². The monoisotopic (exact) mass is 624 g/mol. The molecule has 45 heavy (non-hydrogen) atoms. The predicted molar refractivity (Wildman–Crippen MR) is 171 cm³/mol. The maximum absolute atomic E-state index is 14.2. The predicted octanol–water partition coefficient (Wildman–Crippen LogP) is 6.31. The summed E-state index contributed by atoms with van der Waals surface area (Å²) in [5, 5.41) is 5.08. The van der Waals surface area contributed by atoms with Crippen LogP contribution >= 0.6 is 11.3 Å². The molecule has 0 bridgehead atoms. The van der Waals surface area contributed by atoms with Gasteiger partial charge in [-0.05, 0) is 54.1 Å². The van der Waals surface area contributed by atoms with Gasteiger partial charge in [0.15, 0.2) is 17.3 Å². The molecule has 1 N–H and O–H groups in total. The number of benzene rings is 3. The largest absolute Gasteiger partial charge is 0.497 e. The number of hydrogen-bond donors (Lipinski definition) is 1. The molecule has 2 aromatic heterocycles. The van der Waals surface area contributed by atoms with Crippen molar-refractivity contribution in [1.82, 2.24) is 10.3 Å². The van der Waals surface area contributed by atoms with Gasteiger partial charge in [-0.15, -0.1) is 17.8 Å². The number of aromatic nitrogens is 1. The molecule has 1 amide bonds. The lowest BCUT2D eigenvalue weighted by atomic mass is 10.1. The van der Waals surface area contributed by atoms with E-state index in [0.29, 0.717) is 51.6 Å². The Morgan fingerprint density at radius 1 is 0.978 bits per heavy atom. The number of Topliss-reactive ketones (excluding diaryl/α,β-unsaturated/α-hetero) is 1. The van der Waals surface area contributed by atoms with Crippen LogP contribution in [-0.4, -0.2) is 50.7 Å². The Kier molecular flexibility index (Phi) is 10.0. The highest BCUT2D eigenvalue weighted by Crippen LogP contribution is 2.35. The van der Waals surface area contributed by atoms with E-state index in [1.54, 1.807) is 42.8 Å². The smallest absolute Gasteiger partial charge is 0.251 e. The van der Waals surface area contributed by atoms with Gasteiger partial charge in [-0.2, -0.15) is 0 Å². The van der Waals surface area contributed by atoms with E-state index in [1.165, 1.54) is 36.6 Å². The highest BCUT2D eigenvalue weighted by Gasteiger charge is 2.17. The number of fused-ring (bicyclic) bond motifs is 1. The average molecular weight is 625 g/mol. The number of halogens is 1. The number of thiophene rings is 1. The van der Waals surface area contributed by atoms with Crippen molar-refractivity contribution in [3.8, 4) is 40.8 Å². The van der Waals surface area contributed by atoms with E-state index in [-0.39, 0.29) is 30.2 Å². The summed E-state index contributed by atoms with van der Waals surface area (Å²) >= 11 is 1.25. The van der Waals surface area contributed by atoms with Crippen LogP contribution in [0, 0.1) is 18.2 Å². The molecule has 10 heteroatoms. The van der Waals surface area contributed by atoms with Crippen molar-refractivity contribution in [3.63, 3.8) is 0 Å². The third kappa shape index (κ3) is 7.47. The number of rotatable bonds is 13. The summed E-state index contributed by atoms with van der Waals surface area (Å²) in [6.45, 7) is 0.728. The summed E-state index contributed by atoms with van der Waals surface area (Å²) < 4.78 is 36.8. The number of methoxy groups -OCH3 is 2. The molecule has 3 aromatic carbocycles. The van der Waals surface area contributed by atoms with Crippen LogP contribution < -0.4 is 19.5 Å². The number of ether oxygens (including phenoxy) is 4. The van der Waals surface area contributed by atoms with E-state index in [2.05, 4.69) is 16.2 Å². The number of hydrogen-bond acceptors (Lipinski definition) is 8. The zero-order valence-electron chi connectivity index (χ0n) is 24.6. The van der Waals surface area contributed by atoms with Gasteiger partial charge in [0.05, 0.1) is 44.4 Å². The summed E-state index contributed by atoms with van der Waals surface area (Å²) in [5.74, 6) is 2.87. The van der Waals surface area contributed by atoms with Crippen molar-refractivity contribution in [2.24, 2.45) is 0 Å². The van der Waals surface area contributed by atoms with E-state index in [1.807, 2.05) is 24.3 Å². The molecule has 2 heterocycles. The maximum Gasteiger partial charge on any atom is 0.251 e. The number of carbonyl (C=O) groups is 2. The lowest BCUT2D eigenvalue weighted by Gasteiger charge is -2.13. The highest BCUT2D eigenvalue weighted by atomic mass is 32.1. The molecule has 5 rings (SSSR count). The molecule has 0 radical (unpaired) electrons. The minimum absolute atomic E-state index is 0.0899. The molecule has 5 aromatic rings. The Morgan fingerprint density at radius 3 is 2.56 bits per heavy atom. The Labute approximate surface area is 263 Å². The first-order valence-corrected chi connectivity index (χ1v) is 14.8. The van der Waals surface area contributed by atoms with Gasteiger partial charge in [-0.1, -0.05) is 30.2 Å². The van der Waals surface area contributed by atoms with Gasteiger partial charge in [0.1, 0.15) is 23.9 Å². The van der Waals surface area contributed by atoms with Gasteiger partial charge in [-0.3, -0.25) is 9.59 Å². The fourth-order valence-corrected chi connectivity index (χ4v) is 5.49. The zero-order valence-corrected chi connectivity index (χ0v) is 25.4. The SMILES string of the molecule is C#Cc1cc(C(=O)CNC(=O)c2ccc(OCCOCc3ccc(OC)cc3)c(OC)c2)nc(-c2csc3c(F)cccc23)c1. The second-order valence-corrected chi connectivity index (χ2v) is 10.6. The molecule has 0 aliphatic rings. The normalized spacial score (nSPS) is 10.7. The van der Waals surface area contributed by atoms with Gasteiger partial charge in [0, 0.05) is 27.5 Å². The molecule has 0 spiro atoms. The van der Waals surface area contributed by atoms with Crippen LogP contribution in [-0.2, 0) is 11.3 Å². The average Bonchev–Trinajstić information content (AvgIpc) is 3.52. The van der Waals surface area contributed by atoms with Gasteiger partial charge < -0.3 is 24.3 Å². The van der Waals surface area contributed by atoms with Gasteiger partial charge in [0.25, 0.3) is 5.91 Å². The van der Waals surface area contributed by atoms with Crippen LogP contribution in [0.25, 0.3) is 21.3 Å². The van der Waals surface area contributed by atoms with Crippen molar-refractivity contribution < 1.29 is 32.9 Å². The van der Waals surface area contributed by atoms with Crippen LogP contribution in [0.2, 0.25) is 0 Å².